The van der Waals surface area contributed by atoms with E-state index in [4.69, 9.17) is 4.74 Å². The van der Waals surface area contributed by atoms with Gasteiger partial charge in [0, 0.05) is 11.4 Å². The first kappa shape index (κ1) is 17.1. The van der Waals surface area contributed by atoms with Crippen LogP contribution < -0.4 is 15.4 Å². The van der Waals surface area contributed by atoms with Crippen molar-refractivity contribution >= 4 is 23.5 Å². The number of carbonyl (C=O) groups excluding carboxylic acids is 1. The lowest BCUT2D eigenvalue weighted by atomic mass is 10.2. The van der Waals surface area contributed by atoms with Gasteiger partial charge in [0.05, 0.1) is 12.8 Å². The Morgan fingerprint density at radius 3 is 2.74 bits per heavy atom. The highest BCUT2D eigenvalue weighted by atomic mass is 32.2. The Kier molecular flexibility index (Phi) is 6.22. The first-order valence-electron chi connectivity index (χ1n) is 6.80. The number of para-hydroxylation sites is 1. The number of carbonyl (C=O) groups is 1. The standard InChI is InChI=1S/C16H16F2N2O2S/c1-22-12-6-4-5-11(9-12)10-19-16(21)20-13-7-2-3-8-14(13)23-15(17)18/h2-9,15H,10H2,1H3,(H2,19,20,21). The van der Waals surface area contributed by atoms with Gasteiger partial charge in [0.2, 0.25) is 0 Å². The van der Waals surface area contributed by atoms with Crippen LogP contribution in [0.3, 0.4) is 0 Å². The maximum Gasteiger partial charge on any atom is 0.319 e. The van der Waals surface area contributed by atoms with Gasteiger partial charge in [-0.3, -0.25) is 0 Å². The fourth-order valence-electron chi connectivity index (χ4n) is 1.90. The van der Waals surface area contributed by atoms with Crippen LogP contribution in [0.2, 0.25) is 0 Å². The molecule has 0 heterocycles. The summed E-state index contributed by atoms with van der Waals surface area (Å²) in [5.41, 5.74) is 1.22. The van der Waals surface area contributed by atoms with Crippen LogP contribution in [0.15, 0.2) is 53.4 Å². The van der Waals surface area contributed by atoms with Crippen LogP contribution in [-0.2, 0) is 6.54 Å². The molecule has 2 rings (SSSR count). The zero-order valence-corrected chi connectivity index (χ0v) is 13.2. The normalized spacial score (nSPS) is 10.4. The number of nitrogens with one attached hydrogen (secondary N) is 2. The van der Waals surface area contributed by atoms with Gasteiger partial charge in [-0.15, -0.1) is 0 Å². The molecule has 0 saturated carbocycles. The Balaban J connectivity index is 1.94. The smallest absolute Gasteiger partial charge is 0.319 e. The monoisotopic (exact) mass is 338 g/mol. The highest BCUT2D eigenvalue weighted by Gasteiger charge is 2.11. The van der Waals surface area contributed by atoms with Crippen LogP contribution in [0.4, 0.5) is 19.3 Å². The van der Waals surface area contributed by atoms with E-state index in [2.05, 4.69) is 10.6 Å². The van der Waals surface area contributed by atoms with Gasteiger partial charge in [0.25, 0.3) is 5.76 Å². The molecule has 7 heteroatoms. The number of halogens is 2. The number of urea groups is 1. The lowest BCUT2D eigenvalue weighted by Crippen LogP contribution is -2.28. The minimum Gasteiger partial charge on any atom is -0.497 e. The van der Waals surface area contributed by atoms with Gasteiger partial charge in [0.15, 0.2) is 0 Å². The van der Waals surface area contributed by atoms with Crippen molar-refractivity contribution in [2.75, 3.05) is 12.4 Å². The van der Waals surface area contributed by atoms with E-state index >= 15 is 0 Å². The molecule has 2 amide bonds. The number of alkyl halides is 2. The zero-order chi connectivity index (χ0) is 16.7. The first-order valence-corrected chi connectivity index (χ1v) is 7.68. The van der Waals surface area contributed by atoms with E-state index in [1.54, 1.807) is 37.4 Å². The summed E-state index contributed by atoms with van der Waals surface area (Å²) in [6.07, 6.45) is 0. The highest BCUT2D eigenvalue weighted by Crippen LogP contribution is 2.31. The summed E-state index contributed by atoms with van der Waals surface area (Å²) in [7, 11) is 1.57. The molecule has 0 aliphatic carbocycles. The summed E-state index contributed by atoms with van der Waals surface area (Å²) < 4.78 is 30.1. The van der Waals surface area contributed by atoms with E-state index in [9.17, 15) is 13.6 Å². The molecule has 122 valence electrons. The highest BCUT2D eigenvalue weighted by molar-refractivity contribution is 7.99. The van der Waals surface area contributed by atoms with Crippen LogP contribution in [0.5, 0.6) is 5.75 Å². The minimum atomic E-state index is -2.54. The molecule has 2 aromatic rings. The van der Waals surface area contributed by atoms with Crippen LogP contribution in [0.1, 0.15) is 5.56 Å². The Labute approximate surface area is 137 Å². The quantitative estimate of drug-likeness (QED) is 0.771. The second-order valence-electron chi connectivity index (χ2n) is 4.53. The molecular formula is C16H16F2N2O2S. The Bertz CT molecular complexity index is 668. The molecule has 2 aromatic carbocycles. The average Bonchev–Trinajstić information content (AvgIpc) is 2.54. The third kappa shape index (κ3) is 5.45. The molecule has 0 radical (unpaired) electrons. The number of ether oxygens (including phenoxy) is 1. The number of hydrogen-bond donors (Lipinski definition) is 2. The molecule has 0 aromatic heterocycles. The molecule has 0 spiro atoms. The molecule has 0 saturated heterocycles. The van der Waals surface area contributed by atoms with Crippen LogP contribution in [0.25, 0.3) is 0 Å². The molecule has 0 bridgehead atoms. The van der Waals surface area contributed by atoms with Gasteiger partial charge in [0.1, 0.15) is 5.75 Å². The number of amides is 2. The zero-order valence-electron chi connectivity index (χ0n) is 12.4. The average molecular weight is 338 g/mol. The SMILES string of the molecule is COc1cccc(CNC(=O)Nc2ccccc2SC(F)F)c1. The van der Waals surface area contributed by atoms with Gasteiger partial charge >= 0.3 is 6.03 Å². The Morgan fingerprint density at radius 1 is 1.22 bits per heavy atom. The van der Waals surface area contributed by atoms with E-state index in [1.807, 2.05) is 12.1 Å². The number of methoxy groups -OCH3 is 1. The molecule has 0 atom stereocenters. The summed E-state index contributed by atoms with van der Waals surface area (Å²) in [5.74, 6) is -1.85. The van der Waals surface area contributed by atoms with Crippen LogP contribution in [-0.4, -0.2) is 18.9 Å². The summed E-state index contributed by atoms with van der Waals surface area (Å²) >= 11 is 0.394. The van der Waals surface area contributed by atoms with Gasteiger partial charge < -0.3 is 15.4 Å². The van der Waals surface area contributed by atoms with Gasteiger partial charge in [-0.1, -0.05) is 36.0 Å². The number of rotatable bonds is 6. The fourth-order valence-corrected chi connectivity index (χ4v) is 2.50. The summed E-state index contributed by atoms with van der Waals surface area (Å²) in [5, 5.41) is 5.26. The second kappa shape index (κ2) is 8.38. The third-order valence-electron chi connectivity index (χ3n) is 2.94. The Hall–Kier alpha value is -2.28. The summed E-state index contributed by atoms with van der Waals surface area (Å²) in [6, 6.07) is 13.3. The summed E-state index contributed by atoms with van der Waals surface area (Å²) in [6.45, 7) is 0.299. The van der Waals surface area contributed by atoms with Crippen molar-refractivity contribution < 1.29 is 18.3 Å². The molecule has 0 unspecified atom stereocenters. The molecule has 2 N–H and O–H groups in total. The molecule has 4 nitrogen and oxygen atoms in total. The molecule has 0 fully saturated rings. The summed E-state index contributed by atoms with van der Waals surface area (Å²) in [4.78, 5) is 12.2. The van der Waals surface area contributed by atoms with Crippen molar-refractivity contribution in [3.63, 3.8) is 0 Å². The predicted octanol–water partition coefficient (Wildman–Crippen LogP) is 4.33. The van der Waals surface area contributed by atoms with Crippen LogP contribution >= 0.6 is 11.8 Å². The van der Waals surface area contributed by atoms with Gasteiger partial charge in [-0.25, -0.2) is 4.79 Å². The number of benzene rings is 2. The van der Waals surface area contributed by atoms with E-state index in [-0.39, 0.29) is 0 Å². The molecule has 23 heavy (non-hydrogen) atoms. The van der Waals surface area contributed by atoms with E-state index < -0.39 is 11.8 Å². The number of thioether (sulfide) groups is 1. The van der Waals surface area contributed by atoms with Crippen LogP contribution in [0, 0.1) is 0 Å². The maximum atomic E-state index is 12.5. The molecule has 0 aliphatic heterocycles. The molecule has 0 aliphatic rings. The third-order valence-corrected chi connectivity index (χ3v) is 3.73. The van der Waals surface area contributed by atoms with Gasteiger partial charge in [-0.2, -0.15) is 8.78 Å². The minimum absolute atomic E-state index is 0.299. The largest absolute Gasteiger partial charge is 0.497 e. The topological polar surface area (TPSA) is 50.4 Å². The lowest BCUT2D eigenvalue weighted by molar-refractivity contribution is 0.250. The van der Waals surface area contributed by atoms with Crippen molar-refractivity contribution in [3.8, 4) is 5.75 Å². The van der Waals surface area contributed by atoms with Crippen molar-refractivity contribution in [2.45, 2.75) is 17.2 Å². The Morgan fingerprint density at radius 2 is 2.00 bits per heavy atom. The predicted molar refractivity (Wildman–Crippen MR) is 87.2 cm³/mol. The van der Waals surface area contributed by atoms with Gasteiger partial charge in [-0.05, 0) is 29.8 Å². The molecular weight excluding hydrogens is 322 g/mol. The van der Waals surface area contributed by atoms with Crippen molar-refractivity contribution in [1.82, 2.24) is 5.32 Å². The number of anilines is 1. The van der Waals surface area contributed by atoms with E-state index in [0.717, 1.165) is 5.56 Å². The van der Waals surface area contributed by atoms with Crippen molar-refractivity contribution in [1.29, 1.82) is 0 Å². The lowest BCUT2D eigenvalue weighted by Gasteiger charge is -2.11. The van der Waals surface area contributed by atoms with Crippen molar-refractivity contribution in [2.24, 2.45) is 0 Å². The van der Waals surface area contributed by atoms with E-state index in [0.29, 0.717) is 34.6 Å². The number of hydrogen-bond acceptors (Lipinski definition) is 3. The second-order valence-corrected chi connectivity index (χ2v) is 5.57. The first-order chi connectivity index (χ1) is 11.1. The van der Waals surface area contributed by atoms with Crippen molar-refractivity contribution in [3.05, 3.63) is 54.1 Å². The fraction of sp³-hybridized carbons (Fsp3) is 0.188. The van der Waals surface area contributed by atoms with E-state index in [1.165, 1.54) is 6.07 Å². The maximum absolute atomic E-state index is 12.5.